The van der Waals surface area contributed by atoms with E-state index in [0.717, 1.165) is 19.2 Å². The largest absolute Gasteiger partial charge is 0.0864 e. The molecule has 6 fully saturated rings. The summed E-state index contributed by atoms with van der Waals surface area (Å²) in [6.07, 6.45) is 3.19. The molecule has 0 aromatic heterocycles. The smallest absolute Gasteiger partial charge is 0.0206 e. The Hall–Kier alpha value is 2.19. The van der Waals surface area contributed by atoms with Crippen LogP contribution in [0.1, 0.15) is 12.8 Å². The second-order valence-corrected chi connectivity index (χ2v) is 10.6. The molecular weight excluding hydrogens is 537 g/mol. The Bertz CT molecular complexity index is 379. The summed E-state index contributed by atoms with van der Waals surface area (Å²) in [6.45, 7) is 0. The van der Waals surface area contributed by atoms with Crippen LogP contribution < -0.4 is 0 Å². The molecular formula is C13H15I3. The van der Waals surface area contributed by atoms with Crippen LogP contribution in [0.25, 0.3) is 0 Å². The zero-order valence-electron chi connectivity index (χ0n) is 8.95. The molecule has 6 aliphatic rings. The first-order valence-electron chi connectivity index (χ1n) is 6.57. The van der Waals surface area contributed by atoms with E-state index in [2.05, 4.69) is 67.8 Å². The Kier molecular flexibility index (Phi) is 2.11. The van der Waals surface area contributed by atoms with Crippen LogP contribution in [0.3, 0.4) is 0 Å². The van der Waals surface area contributed by atoms with Crippen molar-refractivity contribution < 1.29 is 0 Å². The SMILES string of the molecule is ICC[C@]12[C@@H]3[C@H](I)[C@@H]4[C@H]5C[C@H]([C@@H]([C@H]53)[C@H]1I)[C@H]42. The van der Waals surface area contributed by atoms with Crippen molar-refractivity contribution in [1.29, 1.82) is 0 Å². The quantitative estimate of drug-likeness (QED) is 0.357. The molecule has 0 aromatic rings. The first-order chi connectivity index (χ1) is 7.73. The van der Waals surface area contributed by atoms with Crippen molar-refractivity contribution in [2.24, 2.45) is 46.8 Å². The molecule has 6 bridgehead atoms. The van der Waals surface area contributed by atoms with Gasteiger partial charge in [-0.1, -0.05) is 67.8 Å². The normalized spacial score (nSPS) is 76.3. The predicted molar refractivity (Wildman–Crippen MR) is 90.6 cm³/mol. The lowest BCUT2D eigenvalue weighted by Crippen LogP contribution is -2.40. The van der Waals surface area contributed by atoms with Crippen molar-refractivity contribution in [1.82, 2.24) is 0 Å². The van der Waals surface area contributed by atoms with Crippen LogP contribution >= 0.6 is 67.8 Å². The monoisotopic (exact) mass is 552 g/mol. The third kappa shape index (κ3) is 0.803. The molecule has 6 saturated carbocycles. The van der Waals surface area contributed by atoms with Crippen LogP contribution in [0.4, 0.5) is 0 Å². The predicted octanol–water partition coefficient (Wildman–Crippen LogP) is 4.18. The third-order valence-electron chi connectivity index (χ3n) is 7.09. The summed E-state index contributed by atoms with van der Waals surface area (Å²) in [6, 6.07) is 0. The van der Waals surface area contributed by atoms with Crippen molar-refractivity contribution in [3.8, 4) is 0 Å². The Morgan fingerprint density at radius 1 is 1.00 bits per heavy atom. The van der Waals surface area contributed by atoms with Gasteiger partial charge in [-0.05, 0) is 59.7 Å². The molecule has 10 atom stereocenters. The maximum atomic E-state index is 2.88. The molecule has 0 radical (unpaired) electrons. The van der Waals surface area contributed by atoms with Gasteiger partial charge >= 0.3 is 0 Å². The van der Waals surface area contributed by atoms with Crippen LogP contribution in [-0.2, 0) is 0 Å². The lowest BCUT2D eigenvalue weighted by atomic mass is 9.62. The second kappa shape index (κ2) is 3.09. The molecule has 6 rings (SSSR count). The van der Waals surface area contributed by atoms with Crippen LogP contribution in [-0.4, -0.2) is 12.3 Å². The molecule has 6 aliphatic carbocycles. The van der Waals surface area contributed by atoms with Crippen LogP contribution in [0, 0.1) is 46.8 Å². The standard InChI is InChI=1S/C13H15I3/c14-2-1-13-9-5-3-4-6(7(5)12(13)16)10(13)11(15)8(4)9/h4-12H,1-3H2/t4-,5+,6-,7-,8+,9+,10-,11+,12+,13-/m0/s1. The minimum atomic E-state index is 0.825. The fourth-order valence-electron chi connectivity index (χ4n) is 7.35. The number of alkyl halides is 3. The summed E-state index contributed by atoms with van der Waals surface area (Å²) in [5.74, 6) is 8.21. The molecule has 0 nitrogen and oxygen atoms in total. The fourth-order valence-corrected chi connectivity index (χ4v) is 12.6. The average Bonchev–Trinajstić information content (AvgIpc) is 2.95. The molecule has 0 spiro atoms. The molecule has 0 aliphatic heterocycles. The van der Waals surface area contributed by atoms with E-state index >= 15 is 0 Å². The molecule has 0 aromatic carbocycles. The summed E-state index contributed by atoms with van der Waals surface area (Å²) < 4.78 is 3.52. The summed E-state index contributed by atoms with van der Waals surface area (Å²) in [5, 5.41) is 0. The molecule has 0 heterocycles. The number of hydrogen-bond acceptors (Lipinski definition) is 0. The highest BCUT2D eigenvalue weighted by Gasteiger charge is 2.87. The van der Waals surface area contributed by atoms with Gasteiger partial charge in [0.05, 0.1) is 0 Å². The van der Waals surface area contributed by atoms with Gasteiger partial charge in [0.2, 0.25) is 0 Å². The van der Waals surface area contributed by atoms with Crippen LogP contribution in [0.5, 0.6) is 0 Å². The van der Waals surface area contributed by atoms with Gasteiger partial charge in [0, 0.05) is 12.3 Å². The van der Waals surface area contributed by atoms with E-state index in [4.69, 9.17) is 0 Å². The van der Waals surface area contributed by atoms with E-state index in [-0.39, 0.29) is 0 Å². The molecule has 0 N–H and O–H groups in total. The van der Waals surface area contributed by atoms with E-state index < -0.39 is 0 Å². The van der Waals surface area contributed by atoms with E-state index in [9.17, 15) is 0 Å². The molecule has 0 unspecified atom stereocenters. The van der Waals surface area contributed by atoms with Gasteiger partial charge in [-0.2, -0.15) is 0 Å². The molecule has 0 amide bonds. The first-order valence-corrected chi connectivity index (χ1v) is 10.6. The summed E-state index contributed by atoms with van der Waals surface area (Å²) >= 11 is 8.37. The van der Waals surface area contributed by atoms with Gasteiger partial charge in [-0.15, -0.1) is 0 Å². The Labute approximate surface area is 138 Å². The maximum absolute atomic E-state index is 2.88. The molecule has 3 heteroatoms. The van der Waals surface area contributed by atoms with E-state index in [0.29, 0.717) is 0 Å². The minimum Gasteiger partial charge on any atom is -0.0864 e. The van der Waals surface area contributed by atoms with E-state index in [1.807, 2.05) is 0 Å². The Morgan fingerprint density at radius 2 is 1.81 bits per heavy atom. The Balaban J connectivity index is 1.76. The average molecular weight is 552 g/mol. The highest BCUT2D eigenvalue weighted by molar-refractivity contribution is 14.1. The molecule has 88 valence electrons. The maximum Gasteiger partial charge on any atom is 0.0206 e. The summed E-state index contributed by atoms with van der Waals surface area (Å²) in [7, 11) is 0. The van der Waals surface area contributed by atoms with Gasteiger partial charge < -0.3 is 0 Å². The number of hydrogen-bond donors (Lipinski definition) is 0. The van der Waals surface area contributed by atoms with Gasteiger partial charge in [-0.25, -0.2) is 0 Å². The van der Waals surface area contributed by atoms with E-state index in [1.54, 1.807) is 12.8 Å². The first kappa shape index (κ1) is 10.9. The molecule has 0 saturated heterocycles. The molecule has 16 heavy (non-hydrogen) atoms. The summed E-state index contributed by atoms with van der Waals surface area (Å²) in [4.78, 5) is 0. The van der Waals surface area contributed by atoms with Gasteiger partial charge in [0.25, 0.3) is 0 Å². The van der Waals surface area contributed by atoms with Gasteiger partial charge in [0.15, 0.2) is 0 Å². The van der Waals surface area contributed by atoms with Crippen molar-refractivity contribution in [2.45, 2.75) is 20.7 Å². The summed E-state index contributed by atoms with van der Waals surface area (Å²) in [5.41, 5.74) is 0.825. The van der Waals surface area contributed by atoms with Gasteiger partial charge in [-0.3, -0.25) is 0 Å². The second-order valence-electron chi connectivity index (χ2n) is 6.74. The van der Waals surface area contributed by atoms with Gasteiger partial charge in [0.1, 0.15) is 0 Å². The Morgan fingerprint density at radius 3 is 2.56 bits per heavy atom. The third-order valence-corrected chi connectivity index (χ3v) is 11.2. The van der Waals surface area contributed by atoms with Crippen molar-refractivity contribution in [2.75, 3.05) is 4.43 Å². The zero-order chi connectivity index (χ0) is 10.8. The van der Waals surface area contributed by atoms with E-state index in [1.165, 1.54) is 39.9 Å². The van der Waals surface area contributed by atoms with Crippen LogP contribution in [0.15, 0.2) is 0 Å². The fraction of sp³-hybridized carbons (Fsp3) is 1.00. The lowest BCUT2D eigenvalue weighted by Gasteiger charge is -2.42. The highest BCUT2D eigenvalue weighted by atomic mass is 127. The number of halogens is 3. The lowest BCUT2D eigenvalue weighted by molar-refractivity contribution is 0.0549. The zero-order valence-corrected chi connectivity index (χ0v) is 15.4. The van der Waals surface area contributed by atoms with Crippen molar-refractivity contribution in [3.63, 3.8) is 0 Å². The van der Waals surface area contributed by atoms with Crippen LogP contribution in [0.2, 0.25) is 0 Å². The van der Waals surface area contributed by atoms with Crippen molar-refractivity contribution >= 4 is 67.8 Å². The topological polar surface area (TPSA) is 0 Å². The number of rotatable bonds is 2. The van der Waals surface area contributed by atoms with Crippen molar-refractivity contribution in [3.05, 3.63) is 0 Å². The highest BCUT2D eigenvalue weighted by Crippen LogP contribution is 2.89. The minimum absolute atomic E-state index is 0.825.